The number of carboxylic acid groups (broad SMARTS) is 1. The van der Waals surface area contributed by atoms with Crippen LogP contribution in [0.2, 0.25) is 0 Å². The highest BCUT2D eigenvalue weighted by molar-refractivity contribution is 5.84. The van der Waals surface area contributed by atoms with Gasteiger partial charge in [0.25, 0.3) is 0 Å². The van der Waals surface area contributed by atoms with Crippen LogP contribution >= 0.6 is 0 Å². The van der Waals surface area contributed by atoms with Crippen LogP contribution in [0.1, 0.15) is 23.8 Å². The van der Waals surface area contributed by atoms with Crippen LogP contribution in [0.3, 0.4) is 0 Å². The summed E-state index contributed by atoms with van der Waals surface area (Å²) < 4.78 is 5.49. The summed E-state index contributed by atoms with van der Waals surface area (Å²) in [6, 6.07) is 0.264. The van der Waals surface area contributed by atoms with Gasteiger partial charge < -0.3 is 14.7 Å². The number of hydrogen-bond acceptors (Lipinski definition) is 5. The van der Waals surface area contributed by atoms with Crippen LogP contribution < -0.4 is 4.90 Å². The number of hydrogen-bond donors (Lipinski definition) is 1. The zero-order valence-corrected chi connectivity index (χ0v) is 9.83. The van der Waals surface area contributed by atoms with Crippen molar-refractivity contribution in [2.75, 3.05) is 18.6 Å². The van der Waals surface area contributed by atoms with Gasteiger partial charge in [-0.15, -0.1) is 0 Å². The van der Waals surface area contributed by atoms with E-state index < -0.39 is 5.97 Å². The second-order valence-corrected chi connectivity index (χ2v) is 4.11. The average Bonchev–Trinajstić information content (AvgIpc) is 2.74. The van der Waals surface area contributed by atoms with Gasteiger partial charge in [-0.25, -0.2) is 14.8 Å². The second-order valence-electron chi connectivity index (χ2n) is 4.11. The van der Waals surface area contributed by atoms with Gasteiger partial charge in [0.1, 0.15) is 5.82 Å². The molecule has 6 nitrogen and oxygen atoms in total. The second kappa shape index (κ2) is 4.67. The third-order valence-corrected chi connectivity index (χ3v) is 3.05. The summed E-state index contributed by atoms with van der Waals surface area (Å²) in [5, 5.41) is 8.73. The van der Waals surface area contributed by atoms with E-state index in [1.165, 1.54) is 12.4 Å². The molecule has 1 aromatic heterocycles. The number of likely N-dealkylation sites (N-methyl/N-ethyl adjacent to an activating group) is 1. The summed E-state index contributed by atoms with van der Waals surface area (Å²) in [7, 11) is 1.92. The molecule has 0 saturated carbocycles. The molecule has 1 N–H and O–H groups in total. The van der Waals surface area contributed by atoms with Crippen LogP contribution in [0.5, 0.6) is 0 Å². The molecule has 0 spiro atoms. The lowest BCUT2D eigenvalue weighted by atomic mass is 10.1. The van der Waals surface area contributed by atoms with Crippen molar-refractivity contribution in [3.05, 3.63) is 18.1 Å². The number of carbonyl (C=O) groups is 1. The highest BCUT2D eigenvalue weighted by atomic mass is 16.5. The number of carboxylic acids is 1. The fourth-order valence-electron chi connectivity index (χ4n) is 2.01. The summed E-state index contributed by atoms with van der Waals surface area (Å²) in [4.78, 5) is 20.6. The Morgan fingerprint density at radius 3 is 2.76 bits per heavy atom. The number of ether oxygens (including phenoxy) is 1. The predicted octanol–water partition coefficient (Wildman–Crippen LogP) is 0.788. The Morgan fingerprint density at radius 1 is 1.53 bits per heavy atom. The molecule has 1 fully saturated rings. The minimum absolute atomic E-state index is 0.0436. The number of aromatic nitrogens is 2. The average molecular weight is 237 g/mol. The van der Waals surface area contributed by atoms with E-state index in [2.05, 4.69) is 9.97 Å². The molecule has 2 rings (SSSR count). The van der Waals surface area contributed by atoms with Crippen molar-refractivity contribution in [2.24, 2.45) is 0 Å². The van der Waals surface area contributed by atoms with Gasteiger partial charge in [-0.2, -0.15) is 0 Å². The third-order valence-electron chi connectivity index (χ3n) is 3.05. The van der Waals surface area contributed by atoms with Crippen molar-refractivity contribution in [3.8, 4) is 0 Å². The fourth-order valence-corrected chi connectivity index (χ4v) is 2.01. The van der Waals surface area contributed by atoms with E-state index >= 15 is 0 Å². The molecule has 2 atom stereocenters. The first kappa shape index (κ1) is 11.8. The van der Waals surface area contributed by atoms with Crippen LogP contribution in [0.25, 0.3) is 0 Å². The molecule has 17 heavy (non-hydrogen) atoms. The van der Waals surface area contributed by atoms with E-state index in [0.717, 1.165) is 13.0 Å². The lowest BCUT2D eigenvalue weighted by Gasteiger charge is -2.27. The van der Waals surface area contributed by atoms with Crippen molar-refractivity contribution in [2.45, 2.75) is 25.5 Å². The third kappa shape index (κ3) is 2.36. The Bertz CT molecular complexity index is 407. The Kier molecular flexibility index (Phi) is 3.23. The molecule has 0 bridgehead atoms. The summed E-state index contributed by atoms with van der Waals surface area (Å²) in [5.74, 6) is -0.401. The Labute approximate surface area is 99.2 Å². The molecule has 2 unspecified atom stereocenters. The number of nitrogens with zero attached hydrogens (tertiary/aromatic N) is 3. The normalized spacial score (nSPS) is 23.6. The molecule has 0 aromatic carbocycles. The van der Waals surface area contributed by atoms with Gasteiger partial charge in [-0.05, 0) is 13.3 Å². The van der Waals surface area contributed by atoms with Gasteiger partial charge in [-0.1, -0.05) is 0 Å². The zero-order chi connectivity index (χ0) is 12.4. The first-order chi connectivity index (χ1) is 8.09. The van der Waals surface area contributed by atoms with Gasteiger partial charge in [0.15, 0.2) is 5.69 Å². The van der Waals surface area contributed by atoms with Crippen molar-refractivity contribution < 1.29 is 14.6 Å². The van der Waals surface area contributed by atoms with Crippen LogP contribution in [0.15, 0.2) is 12.4 Å². The number of rotatable bonds is 3. The maximum atomic E-state index is 10.7. The lowest BCUT2D eigenvalue weighted by molar-refractivity contribution is 0.0690. The molecule has 0 aliphatic carbocycles. The minimum Gasteiger partial charge on any atom is -0.476 e. The molecule has 1 aliphatic rings. The van der Waals surface area contributed by atoms with Crippen LogP contribution in [0, 0.1) is 0 Å². The molecule has 1 saturated heterocycles. The maximum absolute atomic E-state index is 10.7. The highest BCUT2D eigenvalue weighted by Gasteiger charge is 2.28. The Hall–Kier alpha value is -1.69. The predicted molar refractivity (Wildman–Crippen MR) is 61.2 cm³/mol. The number of aromatic carboxylic acids is 1. The van der Waals surface area contributed by atoms with Crippen molar-refractivity contribution >= 4 is 11.8 Å². The largest absolute Gasteiger partial charge is 0.476 e. The molecule has 92 valence electrons. The quantitative estimate of drug-likeness (QED) is 0.837. The Morgan fingerprint density at radius 2 is 2.29 bits per heavy atom. The van der Waals surface area contributed by atoms with Gasteiger partial charge in [0.05, 0.1) is 24.5 Å². The van der Waals surface area contributed by atoms with Gasteiger partial charge >= 0.3 is 5.97 Å². The molecule has 1 aromatic rings. The first-order valence-corrected chi connectivity index (χ1v) is 5.49. The summed E-state index contributed by atoms with van der Waals surface area (Å²) in [6.45, 7) is 2.77. The van der Waals surface area contributed by atoms with Crippen LogP contribution in [-0.4, -0.2) is 46.8 Å². The van der Waals surface area contributed by atoms with Crippen molar-refractivity contribution in [1.82, 2.24) is 9.97 Å². The number of anilines is 1. The van der Waals surface area contributed by atoms with Crippen molar-refractivity contribution in [1.29, 1.82) is 0 Å². The summed E-state index contributed by atoms with van der Waals surface area (Å²) in [6.07, 6.45) is 3.85. The van der Waals surface area contributed by atoms with E-state index in [4.69, 9.17) is 9.84 Å². The minimum atomic E-state index is -1.07. The monoisotopic (exact) mass is 237 g/mol. The zero-order valence-electron chi connectivity index (χ0n) is 9.83. The van der Waals surface area contributed by atoms with Crippen LogP contribution in [0.4, 0.5) is 5.82 Å². The van der Waals surface area contributed by atoms with Gasteiger partial charge in [-0.3, -0.25) is 0 Å². The van der Waals surface area contributed by atoms with E-state index in [1.807, 2.05) is 18.9 Å². The maximum Gasteiger partial charge on any atom is 0.356 e. The fraction of sp³-hybridized carbons (Fsp3) is 0.545. The molecule has 2 heterocycles. The van der Waals surface area contributed by atoms with Crippen LogP contribution in [-0.2, 0) is 4.74 Å². The summed E-state index contributed by atoms with van der Waals surface area (Å²) >= 11 is 0. The van der Waals surface area contributed by atoms with E-state index in [0.29, 0.717) is 5.82 Å². The molecule has 0 radical (unpaired) electrons. The van der Waals surface area contributed by atoms with E-state index in [-0.39, 0.29) is 17.8 Å². The lowest BCUT2D eigenvalue weighted by Crippen LogP contribution is -2.37. The van der Waals surface area contributed by atoms with Gasteiger partial charge in [0, 0.05) is 13.7 Å². The van der Waals surface area contributed by atoms with E-state index in [9.17, 15) is 4.79 Å². The topological polar surface area (TPSA) is 75.5 Å². The molecular formula is C11H15N3O3. The van der Waals surface area contributed by atoms with E-state index in [1.54, 1.807) is 0 Å². The van der Waals surface area contributed by atoms with Crippen molar-refractivity contribution in [3.63, 3.8) is 0 Å². The SMILES string of the molecule is CC1OCCC1N(C)c1cnc(C(=O)O)cn1. The molecule has 0 amide bonds. The molecular weight excluding hydrogens is 222 g/mol. The van der Waals surface area contributed by atoms with Gasteiger partial charge in [0.2, 0.25) is 0 Å². The molecule has 1 aliphatic heterocycles. The smallest absolute Gasteiger partial charge is 0.356 e. The first-order valence-electron chi connectivity index (χ1n) is 5.49. The summed E-state index contributed by atoms with van der Waals surface area (Å²) in [5.41, 5.74) is -0.0436. The molecule has 6 heteroatoms. The standard InChI is InChI=1S/C11H15N3O3/c1-7-9(3-4-17-7)14(2)10-6-12-8(5-13-10)11(15)16/h5-7,9H,3-4H2,1-2H3,(H,15,16). The highest BCUT2D eigenvalue weighted by Crippen LogP contribution is 2.22. The Balaban J connectivity index is 2.14.